The number of hydrazine groups is 1. The molecule has 1 heterocycles. The first kappa shape index (κ1) is 23.7. The van der Waals surface area contributed by atoms with Crippen molar-refractivity contribution in [3.8, 4) is 17.2 Å². The van der Waals surface area contributed by atoms with E-state index in [0.29, 0.717) is 11.6 Å². The second-order valence-corrected chi connectivity index (χ2v) is 8.58. The normalized spacial score (nSPS) is 11.5. The van der Waals surface area contributed by atoms with Crippen LogP contribution < -0.4 is 10.4 Å². The number of nitrogens with zero attached hydrogens (tertiary/aromatic N) is 4. The lowest BCUT2D eigenvalue weighted by Crippen LogP contribution is -2.47. The van der Waals surface area contributed by atoms with Gasteiger partial charge in [0.2, 0.25) is 5.82 Å². The standard InChI is InChI=1S/C24H22F3N5O/c1-23(2,3)15-32(21-13-19(24(25,26)27)29-20(14-28)30-21)31-22(33)18-11-9-17(10-12-18)16-7-5-4-6-8-16/h4-13H,15H2,1-3H3,(H,31,33). The zero-order valence-corrected chi connectivity index (χ0v) is 18.3. The van der Waals surface area contributed by atoms with Crippen LogP contribution in [-0.4, -0.2) is 22.4 Å². The number of anilines is 1. The second kappa shape index (κ2) is 9.28. The number of carbonyl (C=O) groups excluding carboxylic acids is 1. The summed E-state index contributed by atoms with van der Waals surface area (Å²) in [5, 5.41) is 10.3. The Kier molecular flexibility index (Phi) is 6.68. The predicted molar refractivity (Wildman–Crippen MR) is 118 cm³/mol. The zero-order chi connectivity index (χ0) is 24.2. The molecule has 3 aromatic rings. The number of nitrogens with one attached hydrogen (secondary N) is 1. The molecule has 1 amide bonds. The van der Waals surface area contributed by atoms with Crippen LogP contribution in [0.15, 0.2) is 60.7 Å². The summed E-state index contributed by atoms with van der Waals surface area (Å²) in [6.45, 7) is 5.72. The number of hydrogen-bond donors (Lipinski definition) is 1. The third kappa shape index (κ3) is 6.29. The Hall–Kier alpha value is -3.93. The molecule has 0 bridgehead atoms. The van der Waals surface area contributed by atoms with Crippen LogP contribution >= 0.6 is 0 Å². The molecule has 0 spiro atoms. The smallest absolute Gasteiger partial charge is 0.267 e. The molecule has 1 aromatic heterocycles. The molecular weight excluding hydrogens is 431 g/mol. The molecule has 170 valence electrons. The van der Waals surface area contributed by atoms with Crippen molar-refractivity contribution >= 4 is 11.7 Å². The summed E-state index contributed by atoms with van der Waals surface area (Å²) in [6, 6.07) is 18.7. The van der Waals surface area contributed by atoms with Crippen molar-refractivity contribution in [2.75, 3.05) is 11.6 Å². The SMILES string of the molecule is CC(C)(C)CN(NC(=O)c1ccc(-c2ccccc2)cc1)c1cc(C(F)(F)F)nc(C#N)n1. The van der Waals surface area contributed by atoms with Gasteiger partial charge in [-0.2, -0.15) is 23.4 Å². The summed E-state index contributed by atoms with van der Waals surface area (Å²) in [4.78, 5) is 20.0. The molecule has 33 heavy (non-hydrogen) atoms. The molecule has 0 aliphatic carbocycles. The minimum absolute atomic E-state index is 0.139. The van der Waals surface area contributed by atoms with Gasteiger partial charge in [0.05, 0.1) is 0 Å². The third-order valence-electron chi connectivity index (χ3n) is 4.50. The van der Waals surface area contributed by atoms with Crippen molar-refractivity contribution < 1.29 is 18.0 Å². The molecule has 2 aromatic carbocycles. The predicted octanol–water partition coefficient (Wildman–Crippen LogP) is 5.23. The van der Waals surface area contributed by atoms with Crippen molar-refractivity contribution in [1.82, 2.24) is 15.4 Å². The number of halogens is 3. The molecule has 0 atom stereocenters. The van der Waals surface area contributed by atoms with E-state index in [-0.39, 0.29) is 12.4 Å². The lowest BCUT2D eigenvalue weighted by Gasteiger charge is -2.31. The number of amides is 1. The quantitative estimate of drug-likeness (QED) is 0.535. The summed E-state index contributed by atoms with van der Waals surface area (Å²) in [5.74, 6) is -1.39. The molecule has 0 saturated carbocycles. The van der Waals surface area contributed by atoms with Gasteiger partial charge >= 0.3 is 6.18 Å². The van der Waals surface area contributed by atoms with Crippen molar-refractivity contribution in [3.63, 3.8) is 0 Å². The van der Waals surface area contributed by atoms with Crippen LogP contribution in [0, 0.1) is 16.7 Å². The van der Waals surface area contributed by atoms with Crippen molar-refractivity contribution in [3.05, 3.63) is 77.7 Å². The highest BCUT2D eigenvalue weighted by Gasteiger charge is 2.35. The van der Waals surface area contributed by atoms with Crippen LogP contribution in [0.2, 0.25) is 0 Å². The Labute approximate surface area is 189 Å². The minimum Gasteiger partial charge on any atom is -0.267 e. The molecular formula is C24H22F3N5O. The number of hydrogen-bond acceptors (Lipinski definition) is 5. The van der Waals surface area contributed by atoms with E-state index in [1.165, 1.54) is 5.01 Å². The summed E-state index contributed by atoms with van der Waals surface area (Å²) in [7, 11) is 0. The van der Waals surface area contributed by atoms with E-state index in [9.17, 15) is 18.0 Å². The highest BCUT2D eigenvalue weighted by Crippen LogP contribution is 2.30. The number of benzene rings is 2. The van der Waals surface area contributed by atoms with Crippen LogP contribution in [0.3, 0.4) is 0 Å². The Balaban J connectivity index is 1.91. The monoisotopic (exact) mass is 453 g/mol. The number of aromatic nitrogens is 2. The average molecular weight is 453 g/mol. The van der Waals surface area contributed by atoms with Gasteiger partial charge in [0.1, 0.15) is 6.07 Å². The fourth-order valence-electron chi connectivity index (χ4n) is 3.05. The van der Waals surface area contributed by atoms with Crippen LogP contribution in [0.1, 0.15) is 42.6 Å². The Morgan fingerprint density at radius 1 is 1.00 bits per heavy atom. The van der Waals surface area contributed by atoms with Crippen molar-refractivity contribution in [2.45, 2.75) is 26.9 Å². The zero-order valence-electron chi connectivity index (χ0n) is 18.3. The van der Waals surface area contributed by atoms with Gasteiger partial charge in [-0.1, -0.05) is 63.2 Å². The molecule has 0 radical (unpaired) electrons. The van der Waals surface area contributed by atoms with E-state index in [4.69, 9.17) is 5.26 Å². The largest absolute Gasteiger partial charge is 0.433 e. The molecule has 0 aliphatic heterocycles. The van der Waals surface area contributed by atoms with E-state index in [0.717, 1.165) is 11.1 Å². The first-order valence-corrected chi connectivity index (χ1v) is 10.1. The lowest BCUT2D eigenvalue weighted by molar-refractivity contribution is -0.141. The average Bonchev–Trinajstić information content (AvgIpc) is 2.77. The molecule has 0 fully saturated rings. The van der Waals surface area contributed by atoms with E-state index in [1.54, 1.807) is 30.3 Å². The van der Waals surface area contributed by atoms with Gasteiger partial charge in [-0.05, 0) is 28.7 Å². The number of carbonyl (C=O) groups is 1. The van der Waals surface area contributed by atoms with Crippen LogP contribution in [0.4, 0.5) is 19.0 Å². The first-order valence-electron chi connectivity index (χ1n) is 10.1. The number of rotatable bonds is 5. The molecule has 0 aliphatic rings. The maximum absolute atomic E-state index is 13.3. The van der Waals surface area contributed by atoms with Crippen LogP contribution in [-0.2, 0) is 6.18 Å². The highest BCUT2D eigenvalue weighted by atomic mass is 19.4. The molecule has 3 rings (SSSR count). The summed E-state index contributed by atoms with van der Waals surface area (Å²) in [6.07, 6.45) is -4.77. The van der Waals surface area contributed by atoms with Gasteiger partial charge in [-0.15, -0.1) is 0 Å². The molecule has 0 unspecified atom stereocenters. The highest BCUT2D eigenvalue weighted by molar-refractivity contribution is 5.95. The molecule has 0 saturated heterocycles. The molecule has 9 heteroatoms. The van der Waals surface area contributed by atoms with E-state index in [1.807, 2.05) is 51.1 Å². The third-order valence-corrected chi connectivity index (χ3v) is 4.50. The maximum atomic E-state index is 13.3. The second-order valence-electron chi connectivity index (χ2n) is 8.58. The van der Waals surface area contributed by atoms with E-state index >= 15 is 0 Å². The van der Waals surface area contributed by atoms with Gasteiger partial charge in [-0.25, -0.2) is 4.98 Å². The van der Waals surface area contributed by atoms with Gasteiger partial charge in [0.15, 0.2) is 11.5 Å². The summed E-state index contributed by atoms with van der Waals surface area (Å²) in [5.41, 5.74) is 3.17. The molecule has 6 nitrogen and oxygen atoms in total. The Bertz CT molecular complexity index is 1160. The first-order chi connectivity index (χ1) is 15.5. The van der Waals surface area contributed by atoms with Gasteiger partial charge in [0.25, 0.3) is 5.91 Å². The van der Waals surface area contributed by atoms with E-state index < -0.39 is 29.0 Å². The van der Waals surface area contributed by atoms with Crippen molar-refractivity contribution in [2.24, 2.45) is 5.41 Å². The molecule has 1 N–H and O–H groups in total. The summed E-state index contributed by atoms with van der Waals surface area (Å²) < 4.78 is 39.9. The minimum atomic E-state index is -4.77. The fourth-order valence-corrected chi connectivity index (χ4v) is 3.05. The Morgan fingerprint density at radius 3 is 2.15 bits per heavy atom. The fraction of sp³-hybridized carbons (Fsp3) is 0.250. The topological polar surface area (TPSA) is 81.9 Å². The number of alkyl halides is 3. The summed E-state index contributed by atoms with van der Waals surface area (Å²) >= 11 is 0. The van der Waals surface area contributed by atoms with E-state index in [2.05, 4.69) is 15.4 Å². The number of nitriles is 1. The van der Waals surface area contributed by atoms with Gasteiger partial charge < -0.3 is 0 Å². The van der Waals surface area contributed by atoms with Gasteiger partial charge in [0, 0.05) is 18.2 Å². The van der Waals surface area contributed by atoms with Crippen molar-refractivity contribution in [1.29, 1.82) is 5.26 Å². The Morgan fingerprint density at radius 2 is 1.61 bits per heavy atom. The van der Waals surface area contributed by atoms with Crippen LogP contribution in [0.25, 0.3) is 11.1 Å². The van der Waals surface area contributed by atoms with Crippen LogP contribution in [0.5, 0.6) is 0 Å². The van der Waals surface area contributed by atoms with Gasteiger partial charge in [-0.3, -0.25) is 15.2 Å². The lowest BCUT2D eigenvalue weighted by atomic mass is 9.96. The maximum Gasteiger partial charge on any atom is 0.433 e.